The van der Waals surface area contributed by atoms with Crippen LogP contribution in [0.15, 0.2) is 48.5 Å². The van der Waals surface area contributed by atoms with Crippen molar-refractivity contribution in [3.05, 3.63) is 54.1 Å². The number of hydrogen-bond acceptors (Lipinski definition) is 7. The van der Waals surface area contributed by atoms with Crippen LogP contribution in [0, 0.1) is 0 Å². The van der Waals surface area contributed by atoms with Crippen LogP contribution in [0.2, 0.25) is 0 Å². The van der Waals surface area contributed by atoms with Crippen LogP contribution in [0.3, 0.4) is 0 Å². The molecule has 1 atom stereocenters. The second-order valence-electron chi connectivity index (χ2n) is 8.78. The molecular formula is C26H29N5O5. The smallest absolute Gasteiger partial charge is 0.338 e. The Morgan fingerprint density at radius 1 is 1.08 bits per heavy atom. The number of rotatable bonds is 8. The molecule has 2 aromatic carbocycles. The quantitative estimate of drug-likeness (QED) is 0.483. The number of para-hydroxylation sites is 2. The van der Waals surface area contributed by atoms with Gasteiger partial charge < -0.3 is 14.8 Å². The van der Waals surface area contributed by atoms with Crippen molar-refractivity contribution in [3.8, 4) is 0 Å². The van der Waals surface area contributed by atoms with Crippen molar-refractivity contribution in [3.63, 3.8) is 0 Å². The average Bonchev–Trinajstić information content (AvgIpc) is 3.38. The van der Waals surface area contributed by atoms with E-state index >= 15 is 0 Å². The fourth-order valence-electron chi connectivity index (χ4n) is 4.67. The van der Waals surface area contributed by atoms with Crippen LogP contribution < -0.4 is 10.2 Å². The molecule has 10 heteroatoms. The van der Waals surface area contributed by atoms with Crippen molar-refractivity contribution >= 4 is 40.5 Å². The number of amides is 2. The number of fused-ring (bicyclic) bond motifs is 3. The minimum Gasteiger partial charge on any atom is -0.462 e. The van der Waals surface area contributed by atoms with E-state index in [1.807, 2.05) is 28.8 Å². The van der Waals surface area contributed by atoms with E-state index in [0.717, 1.165) is 24.1 Å². The highest BCUT2D eigenvalue weighted by atomic mass is 16.5. The van der Waals surface area contributed by atoms with E-state index < -0.39 is 12.0 Å². The Labute approximate surface area is 208 Å². The SMILES string of the molecule is CCOC(=O)c1ccc(NC(=O)C[C@@H]2C(=O)N(CCN3CCOCC3)c3nc4ccccc4n32)cc1. The summed E-state index contributed by atoms with van der Waals surface area (Å²) < 4.78 is 12.3. The fraction of sp³-hybridized carbons (Fsp3) is 0.385. The first-order chi connectivity index (χ1) is 17.5. The molecule has 36 heavy (non-hydrogen) atoms. The molecule has 5 rings (SSSR count). The molecule has 10 nitrogen and oxygen atoms in total. The molecule has 0 aliphatic carbocycles. The minimum absolute atomic E-state index is 0.0279. The summed E-state index contributed by atoms with van der Waals surface area (Å²) in [5, 5.41) is 2.84. The highest BCUT2D eigenvalue weighted by Gasteiger charge is 2.40. The number of carbonyl (C=O) groups is 3. The van der Waals surface area contributed by atoms with E-state index in [9.17, 15) is 14.4 Å². The van der Waals surface area contributed by atoms with E-state index in [4.69, 9.17) is 14.5 Å². The van der Waals surface area contributed by atoms with Crippen LogP contribution in [0.1, 0.15) is 29.7 Å². The fourth-order valence-corrected chi connectivity index (χ4v) is 4.67. The van der Waals surface area contributed by atoms with Crippen LogP contribution in [0.5, 0.6) is 0 Å². The second-order valence-corrected chi connectivity index (χ2v) is 8.78. The number of morpholine rings is 1. The summed E-state index contributed by atoms with van der Waals surface area (Å²) in [6.07, 6.45) is -0.0279. The van der Waals surface area contributed by atoms with Gasteiger partial charge in [0, 0.05) is 31.9 Å². The molecule has 3 heterocycles. The molecule has 2 amide bonds. The third-order valence-electron chi connectivity index (χ3n) is 6.48. The van der Waals surface area contributed by atoms with Crippen molar-refractivity contribution in [1.82, 2.24) is 14.5 Å². The first-order valence-corrected chi connectivity index (χ1v) is 12.2. The summed E-state index contributed by atoms with van der Waals surface area (Å²) in [5.74, 6) is -0.269. The Bertz CT molecular complexity index is 1270. The predicted octanol–water partition coefficient (Wildman–Crippen LogP) is 2.46. The molecule has 0 radical (unpaired) electrons. The van der Waals surface area contributed by atoms with Crippen LogP contribution in [0.25, 0.3) is 11.0 Å². The maximum absolute atomic E-state index is 13.5. The van der Waals surface area contributed by atoms with Gasteiger partial charge in [0.05, 0.1) is 42.8 Å². The summed E-state index contributed by atoms with van der Waals surface area (Å²) in [7, 11) is 0. The Morgan fingerprint density at radius 3 is 2.58 bits per heavy atom. The molecule has 2 aliphatic rings. The molecule has 3 aromatic rings. The highest BCUT2D eigenvalue weighted by molar-refractivity contribution is 6.05. The second kappa shape index (κ2) is 10.5. The number of aromatic nitrogens is 2. The van der Waals surface area contributed by atoms with Gasteiger partial charge in [0.25, 0.3) is 5.91 Å². The van der Waals surface area contributed by atoms with Gasteiger partial charge in [-0.3, -0.25) is 24.0 Å². The molecule has 0 spiro atoms. The lowest BCUT2D eigenvalue weighted by Gasteiger charge is -2.28. The van der Waals surface area contributed by atoms with Crippen LogP contribution in [-0.2, 0) is 19.1 Å². The van der Waals surface area contributed by atoms with Crippen LogP contribution in [0.4, 0.5) is 11.6 Å². The van der Waals surface area contributed by atoms with Crippen LogP contribution in [-0.4, -0.2) is 78.2 Å². The van der Waals surface area contributed by atoms with Gasteiger partial charge in [-0.1, -0.05) is 12.1 Å². The third-order valence-corrected chi connectivity index (χ3v) is 6.48. The topological polar surface area (TPSA) is 106 Å². The zero-order valence-corrected chi connectivity index (χ0v) is 20.2. The zero-order chi connectivity index (χ0) is 25.1. The van der Waals surface area contributed by atoms with E-state index in [1.165, 1.54) is 0 Å². The standard InChI is InChI=1S/C26H29N5O5/c1-2-36-25(34)18-7-9-19(10-8-18)27-23(32)17-22-24(33)30(12-11-29-13-15-35-16-14-29)26-28-20-5-3-4-6-21(20)31(22)26/h3-10,22H,2,11-17H2,1H3,(H,27,32)/t22-/m1/s1. The molecule has 1 aromatic heterocycles. The number of nitrogens with zero attached hydrogens (tertiary/aromatic N) is 4. The number of benzene rings is 2. The Balaban J connectivity index is 1.32. The first-order valence-electron chi connectivity index (χ1n) is 12.2. The van der Waals surface area contributed by atoms with Gasteiger partial charge in [-0.2, -0.15) is 0 Å². The van der Waals surface area contributed by atoms with Gasteiger partial charge in [0.1, 0.15) is 6.04 Å². The average molecular weight is 492 g/mol. The number of anilines is 2. The van der Waals surface area contributed by atoms with E-state index in [0.29, 0.717) is 50.1 Å². The van der Waals surface area contributed by atoms with Crippen molar-refractivity contribution in [2.24, 2.45) is 0 Å². The molecular weight excluding hydrogens is 462 g/mol. The highest BCUT2D eigenvalue weighted by Crippen LogP contribution is 2.36. The maximum atomic E-state index is 13.5. The number of nitrogens with one attached hydrogen (secondary N) is 1. The summed E-state index contributed by atoms with van der Waals surface area (Å²) >= 11 is 0. The Hall–Kier alpha value is -3.76. The summed E-state index contributed by atoms with van der Waals surface area (Å²) in [6.45, 7) is 6.29. The summed E-state index contributed by atoms with van der Waals surface area (Å²) in [6, 6.07) is 13.5. The van der Waals surface area contributed by atoms with Crippen LogP contribution >= 0.6 is 0 Å². The van der Waals surface area contributed by atoms with E-state index in [2.05, 4.69) is 10.2 Å². The Morgan fingerprint density at radius 2 is 1.83 bits per heavy atom. The first kappa shape index (κ1) is 24.0. The van der Waals surface area contributed by atoms with Gasteiger partial charge in [-0.05, 0) is 43.3 Å². The predicted molar refractivity (Wildman–Crippen MR) is 134 cm³/mol. The molecule has 1 saturated heterocycles. The van der Waals surface area contributed by atoms with Gasteiger partial charge >= 0.3 is 5.97 Å². The number of ether oxygens (including phenoxy) is 2. The largest absolute Gasteiger partial charge is 0.462 e. The number of carbonyl (C=O) groups excluding carboxylic acids is 3. The normalized spacial score (nSPS) is 17.9. The van der Waals surface area contributed by atoms with E-state index in [-0.39, 0.29) is 18.2 Å². The number of hydrogen-bond donors (Lipinski definition) is 1. The third kappa shape index (κ3) is 4.82. The zero-order valence-electron chi connectivity index (χ0n) is 20.2. The van der Waals surface area contributed by atoms with Crippen molar-refractivity contribution in [2.45, 2.75) is 19.4 Å². The maximum Gasteiger partial charge on any atom is 0.338 e. The molecule has 188 valence electrons. The monoisotopic (exact) mass is 491 g/mol. The van der Waals surface area contributed by atoms with Crippen molar-refractivity contribution in [2.75, 3.05) is 56.2 Å². The minimum atomic E-state index is -0.684. The number of imidazole rings is 1. The summed E-state index contributed by atoms with van der Waals surface area (Å²) in [5.41, 5.74) is 2.56. The summed E-state index contributed by atoms with van der Waals surface area (Å²) in [4.78, 5) is 47.0. The number of esters is 1. The van der Waals surface area contributed by atoms with Gasteiger partial charge in [-0.25, -0.2) is 9.78 Å². The van der Waals surface area contributed by atoms with Gasteiger partial charge in [0.2, 0.25) is 11.9 Å². The molecule has 0 saturated carbocycles. The van der Waals surface area contributed by atoms with Gasteiger partial charge in [0.15, 0.2) is 0 Å². The molecule has 1 fully saturated rings. The molecule has 2 aliphatic heterocycles. The lowest BCUT2D eigenvalue weighted by atomic mass is 10.1. The molecule has 0 unspecified atom stereocenters. The van der Waals surface area contributed by atoms with Gasteiger partial charge in [-0.15, -0.1) is 0 Å². The van der Waals surface area contributed by atoms with Crippen molar-refractivity contribution < 1.29 is 23.9 Å². The molecule has 0 bridgehead atoms. The van der Waals surface area contributed by atoms with E-state index in [1.54, 1.807) is 36.1 Å². The lowest BCUT2D eigenvalue weighted by Crippen LogP contribution is -2.42. The Kier molecular flexibility index (Phi) is 6.97. The molecule has 1 N–H and O–H groups in total. The van der Waals surface area contributed by atoms with Crippen molar-refractivity contribution in [1.29, 1.82) is 0 Å². The lowest BCUT2D eigenvalue weighted by molar-refractivity contribution is -0.124.